The number of unbranched alkanes of at least 4 members (excludes halogenated alkanes) is 6. The molecule has 1 aliphatic heterocycles. The summed E-state index contributed by atoms with van der Waals surface area (Å²) in [6, 6.07) is 0. The third kappa shape index (κ3) is 12.7. The molecule has 0 saturated carbocycles. The third-order valence-electron chi connectivity index (χ3n) is 5.89. The molecule has 2 atom stereocenters. The van der Waals surface area contributed by atoms with Crippen molar-refractivity contribution in [3.63, 3.8) is 0 Å². The first kappa shape index (κ1) is 34.8. The molecule has 1 aliphatic rings. The van der Waals surface area contributed by atoms with Crippen molar-refractivity contribution >= 4 is 24.3 Å². The summed E-state index contributed by atoms with van der Waals surface area (Å²) in [5.41, 5.74) is 7.71. The summed E-state index contributed by atoms with van der Waals surface area (Å²) in [6.45, 7) is 19.5. The molecule has 36 heavy (non-hydrogen) atoms. The van der Waals surface area contributed by atoms with Crippen LogP contribution in [0.1, 0.15) is 119 Å². The summed E-state index contributed by atoms with van der Waals surface area (Å²) in [4.78, 5) is 0. The number of hydrogen-bond donors (Lipinski definition) is 6. The van der Waals surface area contributed by atoms with E-state index in [4.69, 9.17) is 4.52 Å². The van der Waals surface area contributed by atoms with Crippen LogP contribution in [0.5, 0.6) is 0 Å². The molecule has 0 radical (unpaired) electrons. The largest absolute Gasteiger partial charge is 0.268 e. The van der Waals surface area contributed by atoms with E-state index in [1.807, 2.05) is 0 Å². The van der Waals surface area contributed by atoms with Gasteiger partial charge in [-0.3, -0.25) is 20.3 Å². The van der Waals surface area contributed by atoms with Gasteiger partial charge in [-0.1, -0.05) is 80.1 Å². The highest BCUT2D eigenvalue weighted by Crippen LogP contribution is 2.70. The van der Waals surface area contributed by atoms with Gasteiger partial charge in [-0.15, -0.1) is 9.10 Å². The van der Waals surface area contributed by atoms with E-state index in [-0.39, 0.29) is 0 Å². The average Bonchev–Trinajstić information content (AvgIpc) is 2.87. The molecule has 0 spiro atoms. The van der Waals surface area contributed by atoms with Gasteiger partial charge in [0.05, 0.1) is 0 Å². The van der Waals surface area contributed by atoms with Crippen LogP contribution in [-0.2, 0) is 0 Å². The molecule has 0 saturated heterocycles. The van der Waals surface area contributed by atoms with E-state index in [1.54, 1.807) is 0 Å². The molecule has 0 bridgehead atoms. The van der Waals surface area contributed by atoms with Gasteiger partial charge < -0.3 is 0 Å². The molecule has 216 valence electrons. The van der Waals surface area contributed by atoms with Crippen molar-refractivity contribution in [2.45, 2.75) is 119 Å². The van der Waals surface area contributed by atoms with Crippen LogP contribution >= 0.6 is 24.3 Å². The molecule has 9 nitrogen and oxygen atoms in total. The van der Waals surface area contributed by atoms with Crippen molar-refractivity contribution in [3.8, 4) is 0 Å². The fourth-order valence-corrected chi connectivity index (χ4v) is 13.4. The second kappa shape index (κ2) is 22.6. The third-order valence-corrected chi connectivity index (χ3v) is 14.4. The maximum atomic E-state index is 5.67. The lowest BCUT2D eigenvalue weighted by molar-refractivity contribution is 0.407. The van der Waals surface area contributed by atoms with E-state index in [0.29, 0.717) is 0 Å². The van der Waals surface area contributed by atoms with Gasteiger partial charge in [0, 0.05) is 39.3 Å². The number of hydrogen-bond acceptors (Lipinski definition) is 9. The summed E-state index contributed by atoms with van der Waals surface area (Å²) in [6.07, 6.45) is 14.1. The minimum absolute atomic E-state index is 0.842. The van der Waals surface area contributed by atoms with Crippen LogP contribution in [0.15, 0.2) is 4.52 Å². The molecular formula is C24H60N9P3. The van der Waals surface area contributed by atoms with Crippen molar-refractivity contribution in [2.75, 3.05) is 39.3 Å². The van der Waals surface area contributed by atoms with E-state index in [0.717, 1.165) is 58.5 Å². The van der Waals surface area contributed by atoms with Crippen LogP contribution in [0.25, 0.3) is 0 Å². The summed E-state index contributed by atoms with van der Waals surface area (Å²) >= 11 is 0. The maximum absolute atomic E-state index is 5.67. The van der Waals surface area contributed by atoms with Crippen molar-refractivity contribution in [1.82, 2.24) is 40.3 Å². The zero-order chi connectivity index (χ0) is 26.5. The van der Waals surface area contributed by atoms with Crippen LogP contribution in [0.2, 0.25) is 0 Å². The first-order valence-corrected chi connectivity index (χ1v) is 19.1. The van der Waals surface area contributed by atoms with Gasteiger partial charge in [0.1, 0.15) is 0 Å². The Bertz CT molecular complexity index is 557. The zero-order valence-electron chi connectivity index (χ0n) is 24.4. The molecule has 0 amide bonds. The minimum Gasteiger partial charge on any atom is -0.268 e. The minimum atomic E-state index is -2.19. The van der Waals surface area contributed by atoms with Crippen LogP contribution in [0.4, 0.5) is 0 Å². The molecule has 12 heteroatoms. The van der Waals surface area contributed by atoms with E-state index in [1.165, 1.54) is 57.8 Å². The van der Waals surface area contributed by atoms with Crippen molar-refractivity contribution in [3.05, 3.63) is 0 Å². The van der Waals surface area contributed by atoms with E-state index in [9.17, 15) is 0 Å². The van der Waals surface area contributed by atoms with Crippen LogP contribution in [0, 0.1) is 0 Å². The smallest absolute Gasteiger partial charge is 0.189 e. The van der Waals surface area contributed by atoms with Gasteiger partial charge in [-0.05, 0) is 38.5 Å². The summed E-state index contributed by atoms with van der Waals surface area (Å²) in [5, 5.41) is 15.9. The molecule has 6 N–H and O–H groups in total. The Morgan fingerprint density at radius 3 is 1.53 bits per heavy atom. The van der Waals surface area contributed by atoms with Crippen LogP contribution < -0.4 is 31.2 Å². The number of nitrogens with one attached hydrogen (secondary N) is 6. The zero-order valence-corrected chi connectivity index (χ0v) is 27.1. The van der Waals surface area contributed by atoms with Gasteiger partial charge in [0.15, 0.2) is 24.3 Å². The molecular weight excluding hydrogens is 507 g/mol. The van der Waals surface area contributed by atoms with Crippen LogP contribution in [-0.4, -0.2) is 48.4 Å². The summed E-state index contributed by atoms with van der Waals surface area (Å²) < 4.78 is 10.6. The lowest BCUT2D eigenvalue weighted by Gasteiger charge is -2.50. The first-order chi connectivity index (χ1) is 17.6. The van der Waals surface area contributed by atoms with Gasteiger partial charge in [0.25, 0.3) is 0 Å². The lowest BCUT2D eigenvalue weighted by Crippen LogP contribution is -2.51. The Kier molecular flexibility index (Phi) is 21.8. The second-order valence-electron chi connectivity index (χ2n) is 9.42. The number of nitrogens with zero attached hydrogens (tertiary/aromatic N) is 3. The van der Waals surface area contributed by atoms with Crippen LogP contribution in [0.3, 0.4) is 0 Å². The predicted octanol–water partition coefficient (Wildman–Crippen LogP) is 7.17. The average molecular weight is 568 g/mol. The van der Waals surface area contributed by atoms with Crippen molar-refractivity contribution in [1.29, 1.82) is 0 Å². The normalized spacial score (nSPS) is 20.6. The number of rotatable bonds is 24. The van der Waals surface area contributed by atoms with E-state index in [2.05, 4.69) is 81.8 Å². The maximum Gasteiger partial charge on any atom is 0.189 e. The van der Waals surface area contributed by atoms with Gasteiger partial charge in [0.2, 0.25) is 0 Å². The highest BCUT2D eigenvalue weighted by molar-refractivity contribution is 7.82. The lowest BCUT2D eigenvalue weighted by atomic mass is 10.3. The Hall–Kier alpha value is 0.770. The van der Waals surface area contributed by atoms with Gasteiger partial charge in [-0.2, -0.15) is 0 Å². The van der Waals surface area contributed by atoms with Crippen molar-refractivity contribution in [2.24, 2.45) is 4.52 Å². The highest BCUT2D eigenvalue weighted by atomic mass is 31.3. The quantitative estimate of drug-likeness (QED) is 0.0540. The molecule has 0 fully saturated rings. The topological polar surface area (TPSA) is 91.0 Å². The molecule has 2 unspecified atom stereocenters. The summed E-state index contributed by atoms with van der Waals surface area (Å²) in [7, 11) is -3.92. The van der Waals surface area contributed by atoms with Gasteiger partial charge >= 0.3 is 0 Å². The molecule has 0 aliphatic carbocycles. The summed E-state index contributed by atoms with van der Waals surface area (Å²) in [5.74, 6) is 0. The fraction of sp³-hybridized carbons (Fsp3) is 1.00. The molecule has 0 aromatic rings. The number of hydrazine groups is 2. The Labute approximate surface area is 226 Å². The molecule has 0 aromatic heterocycles. The Morgan fingerprint density at radius 2 is 1.00 bits per heavy atom. The SMILES string of the molecule is CCCCNN1P(NCCCC)N=P(NCCCC)(NCCCC)N(NCCCC)P1NCCCC. The molecule has 1 heterocycles. The highest BCUT2D eigenvalue weighted by Gasteiger charge is 2.45. The fourth-order valence-electron chi connectivity index (χ4n) is 3.52. The van der Waals surface area contributed by atoms with E-state index < -0.39 is 24.3 Å². The monoisotopic (exact) mass is 567 g/mol. The standard InChI is InChI=1S/C24H60N9P3/c1-7-13-19-25-32-34(27-21-15-9-3)31-36(29-23-17-11-5,30-24-18-12-6)33(26-20-14-8-2)35(32)28-22-16-10-4/h25-30H,7-24H2,1-6H3. The van der Waals surface area contributed by atoms with Gasteiger partial charge in [-0.25, -0.2) is 15.4 Å². The molecule has 1 rings (SSSR count). The van der Waals surface area contributed by atoms with E-state index >= 15 is 0 Å². The molecule has 0 aromatic carbocycles. The Morgan fingerprint density at radius 1 is 0.556 bits per heavy atom. The first-order valence-electron chi connectivity index (χ1n) is 14.9. The van der Waals surface area contributed by atoms with Crippen molar-refractivity contribution < 1.29 is 0 Å². The predicted molar refractivity (Wildman–Crippen MR) is 164 cm³/mol. The second-order valence-corrected chi connectivity index (χ2v) is 16.0. The Balaban J connectivity index is 3.50.